The lowest BCUT2D eigenvalue weighted by atomic mass is 9.91. The average Bonchev–Trinajstić information content (AvgIpc) is 2.74. The Bertz CT molecular complexity index is 896. The SMILES string of the molecule is CCN(C)c1nc(NC2CCC(NC(=O)c3ccc(F)cc3)CC2)cc(C(F)(F)F)n1. The highest BCUT2D eigenvalue weighted by atomic mass is 19.4. The highest BCUT2D eigenvalue weighted by Gasteiger charge is 2.34. The third-order valence-corrected chi connectivity index (χ3v) is 5.34. The molecule has 2 N–H and O–H groups in total. The number of aromatic nitrogens is 2. The van der Waals surface area contributed by atoms with Crippen LogP contribution in [0.4, 0.5) is 29.3 Å². The molecule has 1 aliphatic carbocycles. The molecule has 168 valence electrons. The van der Waals surface area contributed by atoms with Crippen molar-refractivity contribution in [2.45, 2.75) is 50.9 Å². The van der Waals surface area contributed by atoms with Crippen LogP contribution < -0.4 is 15.5 Å². The molecule has 1 saturated carbocycles. The second-order valence-corrected chi connectivity index (χ2v) is 7.62. The number of nitrogens with zero attached hydrogens (tertiary/aromatic N) is 3. The van der Waals surface area contributed by atoms with Crippen LogP contribution in [0, 0.1) is 5.82 Å². The number of hydrogen-bond acceptors (Lipinski definition) is 5. The molecule has 1 amide bonds. The molecule has 0 bridgehead atoms. The minimum Gasteiger partial charge on any atom is -0.367 e. The van der Waals surface area contributed by atoms with Gasteiger partial charge in [-0.15, -0.1) is 0 Å². The summed E-state index contributed by atoms with van der Waals surface area (Å²) in [5.74, 6) is -0.527. The largest absolute Gasteiger partial charge is 0.433 e. The Labute approximate surface area is 178 Å². The zero-order valence-electron chi connectivity index (χ0n) is 17.3. The van der Waals surface area contributed by atoms with E-state index in [0.717, 1.165) is 6.07 Å². The number of rotatable bonds is 6. The van der Waals surface area contributed by atoms with Crippen molar-refractivity contribution in [2.24, 2.45) is 0 Å². The maximum Gasteiger partial charge on any atom is 0.433 e. The molecule has 0 saturated heterocycles. The van der Waals surface area contributed by atoms with E-state index in [-0.39, 0.29) is 29.8 Å². The molecule has 1 aromatic carbocycles. The minimum atomic E-state index is -4.56. The zero-order valence-corrected chi connectivity index (χ0v) is 17.3. The number of hydrogen-bond donors (Lipinski definition) is 2. The van der Waals surface area contributed by atoms with Gasteiger partial charge in [-0.05, 0) is 56.9 Å². The summed E-state index contributed by atoms with van der Waals surface area (Å²) in [6, 6.07) is 6.14. The van der Waals surface area contributed by atoms with E-state index in [4.69, 9.17) is 0 Å². The molecule has 0 spiro atoms. The van der Waals surface area contributed by atoms with Crippen LogP contribution in [-0.2, 0) is 6.18 Å². The molecule has 6 nitrogen and oxygen atoms in total. The summed E-state index contributed by atoms with van der Waals surface area (Å²) in [4.78, 5) is 21.7. The monoisotopic (exact) mass is 439 g/mol. The fraction of sp³-hybridized carbons (Fsp3) is 0.476. The first-order chi connectivity index (χ1) is 14.7. The van der Waals surface area contributed by atoms with E-state index >= 15 is 0 Å². The third-order valence-electron chi connectivity index (χ3n) is 5.34. The number of benzene rings is 1. The molecular weight excluding hydrogens is 414 g/mol. The molecule has 0 unspecified atom stereocenters. The standard InChI is InChI=1S/C21H25F4N5O/c1-3-30(2)20-28-17(21(23,24)25)12-18(29-20)26-15-8-10-16(11-9-15)27-19(31)13-4-6-14(22)7-5-13/h4-7,12,15-16H,3,8-11H2,1-2H3,(H,27,31)(H,26,28,29). The molecular formula is C21H25F4N5O. The van der Waals surface area contributed by atoms with E-state index in [2.05, 4.69) is 20.6 Å². The van der Waals surface area contributed by atoms with E-state index in [9.17, 15) is 22.4 Å². The number of nitrogens with one attached hydrogen (secondary N) is 2. The first kappa shape index (κ1) is 22.8. The Hall–Kier alpha value is -2.91. The minimum absolute atomic E-state index is 0.0140. The van der Waals surface area contributed by atoms with Gasteiger partial charge in [0.2, 0.25) is 5.95 Å². The van der Waals surface area contributed by atoms with Crippen molar-refractivity contribution in [3.63, 3.8) is 0 Å². The van der Waals surface area contributed by atoms with Gasteiger partial charge in [0.15, 0.2) is 5.69 Å². The first-order valence-corrected chi connectivity index (χ1v) is 10.2. The molecule has 0 radical (unpaired) electrons. The Balaban J connectivity index is 1.60. The lowest BCUT2D eigenvalue weighted by Gasteiger charge is -2.30. The molecule has 1 fully saturated rings. The number of carbonyl (C=O) groups excluding carboxylic acids is 1. The van der Waals surface area contributed by atoms with Crippen LogP contribution in [0.15, 0.2) is 30.3 Å². The summed E-state index contributed by atoms with van der Waals surface area (Å²) < 4.78 is 52.7. The summed E-state index contributed by atoms with van der Waals surface area (Å²) in [6.45, 7) is 2.28. The van der Waals surface area contributed by atoms with Crippen LogP contribution in [-0.4, -0.2) is 41.6 Å². The van der Waals surface area contributed by atoms with Crippen molar-refractivity contribution in [3.8, 4) is 0 Å². The Morgan fingerprint density at radius 1 is 1.10 bits per heavy atom. The van der Waals surface area contributed by atoms with Gasteiger partial charge in [-0.25, -0.2) is 9.37 Å². The zero-order chi connectivity index (χ0) is 22.6. The molecule has 0 atom stereocenters. The molecule has 0 aliphatic heterocycles. The number of amides is 1. The second-order valence-electron chi connectivity index (χ2n) is 7.62. The summed E-state index contributed by atoms with van der Waals surface area (Å²) in [5.41, 5.74) is -0.601. The number of anilines is 2. The van der Waals surface area contributed by atoms with E-state index in [1.54, 1.807) is 18.9 Å². The van der Waals surface area contributed by atoms with Crippen molar-refractivity contribution in [1.29, 1.82) is 0 Å². The molecule has 31 heavy (non-hydrogen) atoms. The summed E-state index contributed by atoms with van der Waals surface area (Å²) in [7, 11) is 1.63. The molecule has 1 heterocycles. The quantitative estimate of drug-likeness (QED) is 0.659. The highest BCUT2D eigenvalue weighted by Crippen LogP contribution is 2.31. The summed E-state index contributed by atoms with van der Waals surface area (Å²) >= 11 is 0. The second kappa shape index (κ2) is 9.49. The fourth-order valence-electron chi connectivity index (χ4n) is 3.43. The maximum atomic E-state index is 13.2. The third kappa shape index (κ3) is 6.05. The summed E-state index contributed by atoms with van der Waals surface area (Å²) in [6.07, 6.45) is -1.89. The van der Waals surface area contributed by atoms with Gasteiger partial charge in [-0.2, -0.15) is 18.2 Å². The van der Waals surface area contributed by atoms with E-state index < -0.39 is 17.7 Å². The maximum absolute atomic E-state index is 13.2. The van der Waals surface area contributed by atoms with Crippen LogP contribution in [0.3, 0.4) is 0 Å². The number of carbonyl (C=O) groups is 1. The van der Waals surface area contributed by atoms with Crippen LogP contribution >= 0.6 is 0 Å². The van der Waals surface area contributed by atoms with E-state index in [0.29, 0.717) is 37.8 Å². The Kier molecular flexibility index (Phi) is 6.97. The van der Waals surface area contributed by atoms with Gasteiger partial charge in [-0.1, -0.05) is 0 Å². The van der Waals surface area contributed by atoms with Gasteiger partial charge in [0.05, 0.1) is 0 Å². The van der Waals surface area contributed by atoms with E-state index in [1.165, 1.54) is 24.3 Å². The molecule has 2 aromatic rings. The molecule has 1 aliphatic rings. The Morgan fingerprint density at radius 2 is 1.71 bits per heavy atom. The molecule has 3 rings (SSSR count). The van der Waals surface area contributed by atoms with Crippen molar-refractivity contribution in [2.75, 3.05) is 23.8 Å². The smallest absolute Gasteiger partial charge is 0.367 e. The van der Waals surface area contributed by atoms with E-state index in [1.807, 2.05) is 0 Å². The molecule has 10 heteroatoms. The van der Waals surface area contributed by atoms with Gasteiger partial charge >= 0.3 is 6.18 Å². The topological polar surface area (TPSA) is 70.2 Å². The van der Waals surface area contributed by atoms with Crippen LogP contribution in [0.1, 0.15) is 48.7 Å². The van der Waals surface area contributed by atoms with Gasteiger partial charge in [0.1, 0.15) is 11.6 Å². The lowest BCUT2D eigenvalue weighted by Crippen LogP contribution is -2.40. The lowest BCUT2D eigenvalue weighted by molar-refractivity contribution is -0.141. The van der Waals surface area contributed by atoms with Crippen molar-refractivity contribution < 1.29 is 22.4 Å². The molecule has 1 aromatic heterocycles. The normalized spacial score (nSPS) is 19.0. The summed E-state index contributed by atoms with van der Waals surface area (Å²) in [5, 5.41) is 6.02. The number of halogens is 4. The van der Waals surface area contributed by atoms with Crippen molar-refractivity contribution >= 4 is 17.7 Å². The van der Waals surface area contributed by atoms with Crippen LogP contribution in [0.2, 0.25) is 0 Å². The van der Waals surface area contributed by atoms with Gasteiger partial charge in [-0.3, -0.25) is 4.79 Å². The fourth-order valence-corrected chi connectivity index (χ4v) is 3.43. The predicted octanol–water partition coefficient (Wildman–Crippen LogP) is 4.24. The van der Waals surface area contributed by atoms with Crippen LogP contribution in [0.5, 0.6) is 0 Å². The van der Waals surface area contributed by atoms with Gasteiger partial charge in [0, 0.05) is 37.3 Å². The predicted molar refractivity (Wildman–Crippen MR) is 110 cm³/mol. The number of alkyl halides is 3. The van der Waals surface area contributed by atoms with Crippen molar-refractivity contribution in [3.05, 3.63) is 47.4 Å². The van der Waals surface area contributed by atoms with Crippen molar-refractivity contribution in [1.82, 2.24) is 15.3 Å². The first-order valence-electron chi connectivity index (χ1n) is 10.2. The van der Waals surface area contributed by atoms with Gasteiger partial charge < -0.3 is 15.5 Å². The van der Waals surface area contributed by atoms with Gasteiger partial charge in [0.25, 0.3) is 5.91 Å². The highest BCUT2D eigenvalue weighted by molar-refractivity contribution is 5.94. The van der Waals surface area contributed by atoms with Crippen LogP contribution in [0.25, 0.3) is 0 Å². The average molecular weight is 439 g/mol. The Morgan fingerprint density at radius 3 is 2.29 bits per heavy atom.